The summed E-state index contributed by atoms with van der Waals surface area (Å²) in [7, 11) is 0. The number of anilines is 1. The van der Waals surface area contributed by atoms with Gasteiger partial charge < -0.3 is 20.1 Å². The van der Waals surface area contributed by atoms with Crippen molar-refractivity contribution in [3.8, 4) is 6.07 Å². The van der Waals surface area contributed by atoms with E-state index in [0.717, 1.165) is 12.1 Å². The van der Waals surface area contributed by atoms with Crippen LogP contribution in [-0.2, 0) is 25.2 Å². The lowest BCUT2D eigenvalue weighted by atomic mass is 9.80. The molecule has 0 bridgehead atoms. The van der Waals surface area contributed by atoms with Gasteiger partial charge in [0.15, 0.2) is 0 Å². The zero-order chi connectivity index (χ0) is 27.5. The first-order chi connectivity index (χ1) is 17.4. The van der Waals surface area contributed by atoms with Crippen LogP contribution in [0, 0.1) is 11.3 Å². The molecule has 194 valence electrons. The molecule has 1 aliphatic rings. The van der Waals surface area contributed by atoms with Crippen molar-refractivity contribution in [2.24, 2.45) is 5.73 Å². The van der Waals surface area contributed by atoms with Crippen molar-refractivity contribution in [2.75, 3.05) is 11.5 Å². The number of hydrogen-bond donors (Lipinski definition) is 1. The first-order valence-electron chi connectivity index (χ1n) is 11.5. The molecule has 37 heavy (non-hydrogen) atoms. The Morgan fingerprint density at radius 2 is 1.76 bits per heavy atom. The van der Waals surface area contributed by atoms with Gasteiger partial charge in [0.1, 0.15) is 5.82 Å². The second-order valence-electron chi connectivity index (χ2n) is 8.52. The Morgan fingerprint density at radius 3 is 2.30 bits per heavy atom. The fraction of sp³-hybridized carbons (Fsp3) is 0.296. The number of ether oxygens (including phenoxy) is 2. The van der Waals surface area contributed by atoms with E-state index in [4.69, 9.17) is 15.2 Å². The van der Waals surface area contributed by atoms with Crippen LogP contribution >= 0.6 is 0 Å². The Morgan fingerprint density at radius 1 is 1.11 bits per heavy atom. The van der Waals surface area contributed by atoms with E-state index in [1.54, 1.807) is 32.9 Å². The summed E-state index contributed by atoms with van der Waals surface area (Å²) in [4.78, 5) is 27.8. The summed E-state index contributed by atoms with van der Waals surface area (Å²) in [6, 6.07) is 12.6. The van der Waals surface area contributed by atoms with Crippen LogP contribution in [0.15, 0.2) is 71.2 Å². The number of halogens is 3. The molecule has 1 heterocycles. The predicted molar refractivity (Wildman–Crippen MR) is 130 cm³/mol. The topological polar surface area (TPSA) is 106 Å². The molecule has 0 saturated carbocycles. The van der Waals surface area contributed by atoms with Crippen LogP contribution in [0.25, 0.3) is 0 Å². The Hall–Kier alpha value is -4.26. The maximum absolute atomic E-state index is 13.5. The van der Waals surface area contributed by atoms with Crippen LogP contribution in [-0.4, -0.2) is 24.6 Å². The Balaban J connectivity index is 2.35. The molecule has 2 aromatic rings. The second kappa shape index (κ2) is 10.8. The van der Waals surface area contributed by atoms with E-state index in [0.29, 0.717) is 11.1 Å². The van der Waals surface area contributed by atoms with Gasteiger partial charge in [-0.05, 0) is 63.6 Å². The molecule has 1 atom stereocenters. The number of benzene rings is 2. The van der Waals surface area contributed by atoms with Crippen LogP contribution in [0.1, 0.15) is 50.3 Å². The van der Waals surface area contributed by atoms with Gasteiger partial charge in [-0.25, -0.2) is 9.59 Å². The van der Waals surface area contributed by atoms with E-state index in [1.807, 2.05) is 6.07 Å². The number of nitrogens with zero attached hydrogens (tertiary/aromatic N) is 2. The molecule has 0 spiro atoms. The minimum Gasteiger partial charge on any atom is -0.463 e. The van der Waals surface area contributed by atoms with Crippen LogP contribution < -0.4 is 10.6 Å². The smallest absolute Gasteiger partial charge is 0.416 e. The van der Waals surface area contributed by atoms with E-state index in [-0.39, 0.29) is 35.0 Å². The number of esters is 2. The minimum atomic E-state index is -4.63. The summed E-state index contributed by atoms with van der Waals surface area (Å²) >= 11 is 0. The van der Waals surface area contributed by atoms with Crippen molar-refractivity contribution < 1.29 is 32.2 Å². The number of nitriles is 1. The minimum absolute atomic E-state index is 0.000233. The van der Waals surface area contributed by atoms with Gasteiger partial charge in [-0.2, -0.15) is 18.4 Å². The SMILES string of the molecule is CCOC(=O)C1=C(C)N(c2cccc(C(F)(F)F)c2)C(N)=C(C(=O)OC(C)C)C1c1ccc(C#N)cc1. The van der Waals surface area contributed by atoms with E-state index in [2.05, 4.69) is 0 Å². The highest BCUT2D eigenvalue weighted by Gasteiger charge is 2.42. The van der Waals surface area contributed by atoms with E-state index in [9.17, 15) is 28.0 Å². The molecular weight excluding hydrogens is 487 g/mol. The summed E-state index contributed by atoms with van der Waals surface area (Å²) in [6.45, 7) is 6.40. The molecular formula is C27H26F3N3O4. The van der Waals surface area contributed by atoms with Crippen LogP contribution in [0.5, 0.6) is 0 Å². The zero-order valence-corrected chi connectivity index (χ0v) is 20.7. The lowest BCUT2D eigenvalue weighted by Gasteiger charge is -2.37. The molecule has 3 rings (SSSR count). The maximum Gasteiger partial charge on any atom is 0.416 e. The molecule has 7 nitrogen and oxygen atoms in total. The lowest BCUT2D eigenvalue weighted by molar-refractivity contribution is -0.143. The Bertz CT molecular complexity index is 1310. The first kappa shape index (κ1) is 27.3. The summed E-state index contributed by atoms with van der Waals surface area (Å²) in [6.07, 6.45) is -5.18. The summed E-state index contributed by atoms with van der Waals surface area (Å²) < 4.78 is 51.2. The fourth-order valence-corrected chi connectivity index (χ4v) is 4.13. The average molecular weight is 514 g/mol. The van der Waals surface area contributed by atoms with Crippen LogP contribution in [0.3, 0.4) is 0 Å². The predicted octanol–water partition coefficient (Wildman–Crippen LogP) is 5.14. The molecule has 2 N–H and O–H groups in total. The van der Waals surface area contributed by atoms with Crippen molar-refractivity contribution in [3.63, 3.8) is 0 Å². The van der Waals surface area contributed by atoms with Crippen molar-refractivity contribution in [3.05, 3.63) is 87.9 Å². The first-order valence-corrected chi connectivity index (χ1v) is 11.5. The molecule has 2 aromatic carbocycles. The van der Waals surface area contributed by atoms with Crippen molar-refractivity contribution in [1.82, 2.24) is 0 Å². The monoisotopic (exact) mass is 513 g/mol. The highest BCUT2D eigenvalue weighted by molar-refractivity contribution is 6.01. The summed E-state index contributed by atoms with van der Waals surface area (Å²) in [5.74, 6) is -2.85. The number of hydrogen-bond acceptors (Lipinski definition) is 7. The normalized spacial score (nSPS) is 16.1. The van der Waals surface area contributed by atoms with Gasteiger partial charge in [0.2, 0.25) is 0 Å². The van der Waals surface area contributed by atoms with Crippen molar-refractivity contribution in [1.29, 1.82) is 5.26 Å². The number of allylic oxidation sites excluding steroid dienone is 1. The number of carbonyl (C=O) groups excluding carboxylic acids is 2. The average Bonchev–Trinajstić information content (AvgIpc) is 2.83. The zero-order valence-electron chi connectivity index (χ0n) is 20.7. The molecule has 0 saturated heterocycles. The summed E-state index contributed by atoms with van der Waals surface area (Å²) in [5.41, 5.74) is 6.42. The van der Waals surface area contributed by atoms with Crippen molar-refractivity contribution >= 4 is 17.6 Å². The third-order valence-corrected chi connectivity index (χ3v) is 5.68. The largest absolute Gasteiger partial charge is 0.463 e. The molecule has 0 aromatic heterocycles. The Labute approximate surface area is 212 Å². The molecule has 0 fully saturated rings. The number of nitrogens with two attached hydrogens (primary N) is 1. The van der Waals surface area contributed by atoms with Crippen molar-refractivity contribution in [2.45, 2.75) is 45.9 Å². The molecule has 1 aliphatic heterocycles. The highest BCUT2D eigenvalue weighted by Crippen LogP contribution is 2.44. The second-order valence-corrected chi connectivity index (χ2v) is 8.52. The number of alkyl halides is 3. The van der Waals surface area contributed by atoms with Crippen LogP contribution in [0.4, 0.5) is 18.9 Å². The molecule has 0 aliphatic carbocycles. The quantitative estimate of drug-likeness (QED) is 0.533. The van der Waals surface area contributed by atoms with Gasteiger partial charge in [0.05, 0.1) is 47.0 Å². The number of rotatable bonds is 6. The Kier molecular flexibility index (Phi) is 7.96. The van der Waals surface area contributed by atoms with Gasteiger partial charge >= 0.3 is 18.1 Å². The van der Waals surface area contributed by atoms with Gasteiger partial charge in [0.25, 0.3) is 0 Å². The lowest BCUT2D eigenvalue weighted by Crippen LogP contribution is -2.39. The third-order valence-electron chi connectivity index (χ3n) is 5.68. The van der Waals surface area contributed by atoms with E-state index < -0.39 is 35.7 Å². The van der Waals surface area contributed by atoms with Gasteiger partial charge in [-0.3, -0.25) is 0 Å². The molecule has 10 heteroatoms. The van der Waals surface area contributed by atoms with Crippen LogP contribution in [0.2, 0.25) is 0 Å². The van der Waals surface area contributed by atoms with Gasteiger partial charge in [0, 0.05) is 11.4 Å². The summed E-state index contributed by atoms with van der Waals surface area (Å²) in [5, 5.41) is 9.19. The van der Waals surface area contributed by atoms with Gasteiger partial charge in [-0.15, -0.1) is 0 Å². The standard InChI is InChI=1S/C27H26F3N3O4/c1-5-36-25(34)21-16(4)33(20-8-6-7-19(13-20)27(28,29)30)24(32)23(26(35)37-15(2)3)22(21)18-11-9-17(14-31)10-12-18/h6-13,15,22H,5,32H2,1-4H3. The van der Waals surface area contributed by atoms with Gasteiger partial charge in [-0.1, -0.05) is 18.2 Å². The molecule has 0 amide bonds. The molecule has 1 unspecified atom stereocenters. The van der Waals surface area contributed by atoms with E-state index >= 15 is 0 Å². The van der Waals surface area contributed by atoms with E-state index in [1.165, 1.54) is 36.1 Å². The number of carbonyl (C=O) groups is 2. The fourth-order valence-electron chi connectivity index (χ4n) is 4.13. The molecule has 0 radical (unpaired) electrons. The highest BCUT2D eigenvalue weighted by atomic mass is 19.4. The third kappa shape index (κ3) is 5.61. The maximum atomic E-state index is 13.5.